The van der Waals surface area contributed by atoms with Crippen LogP contribution in [0.4, 0.5) is 0 Å². The van der Waals surface area contributed by atoms with Crippen LogP contribution in [0.1, 0.15) is 38.3 Å². The molecule has 1 unspecified atom stereocenters. The van der Waals surface area contributed by atoms with E-state index in [1.54, 1.807) is 0 Å². The van der Waals surface area contributed by atoms with Crippen LogP contribution in [-0.2, 0) is 17.8 Å². The highest BCUT2D eigenvalue weighted by Crippen LogP contribution is 2.55. The van der Waals surface area contributed by atoms with Crippen molar-refractivity contribution in [3.05, 3.63) is 71.8 Å². The minimum absolute atomic E-state index is 0.189. The average molecular weight is 432 g/mol. The van der Waals surface area contributed by atoms with Crippen LogP contribution in [0.2, 0.25) is 0 Å². The molecule has 3 saturated heterocycles. The van der Waals surface area contributed by atoms with Gasteiger partial charge in [0.25, 0.3) is 0 Å². The standard InChI is InChI=1S/C28H37N3O/c1-19(2)17-31-18-23-15-28(27(32)29-16-22-12-8-5-9-13-22)24(14-21-10-6-4-7-11-21)26(31)25(23)20(3)30-28/h4-13,19-20,23-26,30H,14-18H2,1-3H3,(H,29,32)/t20?,23-,24+,25-,26+,28+/m1/s1. The van der Waals surface area contributed by atoms with Crippen LogP contribution in [0.25, 0.3) is 0 Å². The molecule has 0 radical (unpaired) electrons. The van der Waals surface area contributed by atoms with Crippen molar-refractivity contribution in [2.24, 2.45) is 23.7 Å². The van der Waals surface area contributed by atoms with Gasteiger partial charge in [-0.1, -0.05) is 74.5 Å². The number of nitrogens with zero attached hydrogens (tertiary/aromatic N) is 1. The molecule has 0 spiro atoms. The summed E-state index contributed by atoms with van der Waals surface area (Å²) in [4.78, 5) is 16.7. The van der Waals surface area contributed by atoms with Crippen molar-refractivity contribution in [2.45, 2.75) is 57.8 Å². The van der Waals surface area contributed by atoms with Crippen LogP contribution >= 0.6 is 0 Å². The first kappa shape index (κ1) is 21.7. The van der Waals surface area contributed by atoms with Gasteiger partial charge in [-0.15, -0.1) is 0 Å². The third-order valence-electron chi connectivity index (χ3n) is 8.12. The summed E-state index contributed by atoms with van der Waals surface area (Å²) in [6.07, 6.45) is 1.90. The minimum Gasteiger partial charge on any atom is -0.350 e. The molecule has 4 heteroatoms. The summed E-state index contributed by atoms with van der Waals surface area (Å²) in [6.45, 7) is 9.79. The molecule has 6 atom stereocenters. The van der Waals surface area contributed by atoms with Crippen molar-refractivity contribution in [2.75, 3.05) is 13.1 Å². The van der Waals surface area contributed by atoms with Crippen LogP contribution in [0.3, 0.4) is 0 Å². The lowest BCUT2D eigenvalue weighted by atomic mass is 9.56. The molecule has 4 bridgehead atoms. The van der Waals surface area contributed by atoms with Crippen molar-refractivity contribution in [1.29, 1.82) is 0 Å². The van der Waals surface area contributed by atoms with Gasteiger partial charge in [-0.05, 0) is 48.6 Å². The average Bonchev–Trinajstić information content (AvgIpc) is 3.09. The molecule has 170 valence electrons. The van der Waals surface area contributed by atoms with Gasteiger partial charge in [0.1, 0.15) is 5.54 Å². The second kappa shape index (κ2) is 8.64. The first-order chi connectivity index (χ1) is 15.5. The zero-order chi connectivity index (χ0) is 22.3. The summed E-state index contributed by atoms with van der Waals surface area (Å²) in [7, 11) is 0. The van der Waals surface area contributed by atoms with E-state index in [1.807, 2.05) is 18.2 Å². The van der Waals surface area contributed by atoms with Gasteiger partial charge in [-0.25, -0.2) is 0 Å². The van der Waals surface area contributed by atoms with Crippen molar-refractivity contribution < 1.29 is 4.79 Å². The van der Waals surface area contributed by atoms with Gasteiger partial charge in [0.2, 0.25) is 5.91 Å². The van der Waals surface area contributed by atoms with Gasteiger partial charge in [0.05, 0.1) is 0 Å². The highest BCUT2D eigenvalue weighted by atomic mass is 16.2. The number of amides is 1. The molecule has 4 aliphatic rings. The minimum atomic E-state index is -0.500. The zero-order valence-corrected chi connectivity index (χ0v) is 19.6. The molecule has 3 heterocycles. The Hall–Kier alpha value is -2.17. The lowest BCUT2D eigenvalue weighted by Crippen LogP contribution is -2.76. The Morgan fingerprint density at radius 3 is 2.41 bits per heavy atom. The van der Waals surface area contributed by atoms with Crippen LogP contribution in [0.15, 0.2) is 60.7 Å². The quantitative estimate of drug-likeness (QED) is 0.700. The van der Waals surface area contributed by atoms with E-state index in [0.717, 1.165) is 31.5 Å². The van der Waals surface area contributed by atoms with E-state index in [4.69, 9.17) is 0 Å². The Balaban J connectivity index is 1.47. The maximum atomic E-state index is 14.0. The molecule has 4 fully saturated rings. The molecule has 2 N–H and O–H groups in total. The summed E-state index contributed by atoms with van der Waals surface area (Å²) in [5, 5.41) is 7.20. The summed E-state index contributed by atoms with van der Waals surface area (Å²) >= 11 is 0. The number of rotatable bonds is 7. The molecule has 1 aliphatic carbocycles. The monoisotopic (exact) mass is 431 g/mol. The smallest absolute Gasteiger partial charge is 0.240 e. The fourth-order valence-electron chi connectivity index (χ4n) is 7.11. The maximum absolute atomic E-state index is 14.0. The largest absolute Gasteiger partial charge is 0.350 e. The number of likely N-dealkylation sites (tertiary alicyclic amines) is 1. The molecule has 1 saturated carbocycles. The highest BCUT2D eigenvalue weighted by molar-refractivity contribution is 5.87. The van der Waals surface area contributed by atoms with Crippen molar-refractivity contribution in [3.8, 4) is 0 Å². The zero-order valence-electron chi connectivity index (χ0n) is 19.6. The fourth-order valence-corrected chi connectivity index (χ4v) is 7.11. The SMILES string of the molecule is CC(C)CN1C[C@H]2C[C@]3(C(=O)NCc4ccccc4)NC(C)[C@H]2[C@@H]1[C@@H]3Cc1ccccc1. The van der Waals surface area contributed by atoms with Crippen molar-refractivity contribution >= 4 is 5.91 Å². The fraction of sp³-hybridized carbons (Fsp3) is 0.536. The molecule has 32 heavy (non-hydrogen) atoms. The van der Waals surface area contributed by atoms with E-state index in [2.05, 4.69) is 78.8 Å². The van der Waals surface area contributed by atoms with Crippen molar-refractivity contribution in [3.63, 3.8) is 0 Å². The van der Waals surface area contributed by atoms with Gasteiger partial charge in [0, 0.05) is 37.6 Å². The van der Waals surface area contributed by atoms with Gasteiger partial charge in [0.15, 0.2) is 0 Å². The molecular formula is C28H37N3O. The van der Waals surface area contributed by atoms with E-state index >= 15 is 0 Å². The van der Waals surface area contributed by atoms with E-state index in [-0.39, 0.29) is 11.8 Å². The number of nitrogens with one attached hydrogen (secondary N) is 2. The molecular weight excluding hydrogens is 394 g/mol. The third kappa shape index (κ3) is 3.78. The summed E-state index contributed by atoms with van der Waals surface area (Å²) < 4.78 is 0. The number of piperidine rings is 2. The van der Waals surface area contributed by atoms with E-state index in [1.165, 1.54) is 5.56 Å². The Kier molecular flexibility index (Phi) is 5.85. The van der Waals surface area contributed by atoms with Crippen LogP contribution in [-0.4, -0.2) is 41.5 Å². The lowest BCUT2D eigenvalue weighted by molar-refractivity contribution is -0.141. The number of hydrogen-bond donors (Lipinski definition) is 2. The Morgan fingerprint density at radius 2 is 1.75 bits per heavy atom. The summed E-state index contributed by atoms with van der Waals surface area (Å²) in [5.74, 6) is 2.33. The Bertz CT molecular complexity index is 930. The first-order valence-corrected chi connectivity index (χ1v) is 12.4. The van der Waals surface area contributed by atoms with Crippen LogP contribution < -0.4 is 10.6 Å². The van der Waals surface area contributed by atoms with Gasteiger partial charge < -0.3 is 10.6 Å². The predicted octanol–water partition coefficient (Wildman–Crippen LogP) is 3.87. The van der Waals surface area contributed by atoms with E-state index in [0.29, 0.717) is 36.4 Å². The number of benzene rings is 2. The van der Waals surface area contributed by atoms with Crippen LogP contribution in [0, 0.1) is 23.7 Å². The molecule has 2 aromatic carbocycles. The maximum Gasteiger partial charge on any atom is 0.240 e. The molecule has 3 aliphatic heterocycles. The van der Waals surface area contributed by atoms with Gasteiger partial charge >= 0.3 is 0 Å². The predicted molar refractivity (Wildman–Crippen MR) is 129 cm³/mol. The topological polar surface area (TPSA) is 44.4 Å². The Labute approximate surface area is 192 Å². The van der Waals surface area contributed by atoms with Crippen LogP contribution in [0.5, 0.6) is 0 Å². The number of carbonyl (C=O) groups is 1. The second-order valence-electron chi connectivity index (χ2n) is 10.7. The molecule has 2 aromatic rings. The number of fused-ring (bicyclic) bond motifs is 1. The Morgan fingerprint density at radius 1 is 1.09 bits per heavy atom. The number of carbonyl (C=O) groups excluding carboxylic acids is 1. The van der Waals surface area contributed by atoms with E-state index in [9.17, 15) is 4.79 Å². The lowest BCUT2D eigenvalue weighted by Gasteiger charge is -2.59. The highest BCUT2D eigenvalue weighted by Gasteiger charge is 2.66. The van der Waals surface area contributed by atoms with Gasteiger partial charge in [-0.2, -0.15) is 0 Å². The number of hydrogen-bond acceptors (Lipinski definition) is 3. The third-order valence-corrected chi connectivity index (χ3v) is 8.12. The van der Waals surface area contributed by atoms with Crippen molar-refractivity contribution in [1.82, 2.24) is 15.5 Å². The normalized spacial score (nSPS) is 33.6. The summed E-state index contributed by atoms with van der Waals surface area (Å²) in [6, 6.07) is 21.9. The molecule has 0 aromatic heterocycles. The molecule has 1 amide bonds. The summed E-state index contributed by atoms with van der Waals surface area (Å²) in [5.41, 5.74) is 1.99. The molecule has 6 rings (SSSR count). The second-order valence-corrected chi connectivity index (χ2v) is 10.7. The first-order valence-electron chi connectivity index (χ1n) is 12.4. The van der Waals surface area contributed by atoms with Gasteiger partial charge in [-0.3, -0.25) is 9.69 Å². The molecule has 4 nitrogen and oxygen atoms in total. The van der Waals surface area contributed by atoms with E-state index < -0.39 is 5.54 Å².